The molecule has 1 aliphatic rings. The topological polar surface area (TPSA) is 17.1 Å². The Labute approximate surface area is 85.1 Å². The number of carbonyl (C=O) groups is 1. The van der Waals surface area contributed by atoms with E-state index in [0.717, 1.165) is 25.5 Å². The number of hydrogen-bond acceptors (Lipinski definition) is 1. The van der Waals surface area contributed by atoms with Gasteiger partial charge in [-0.15, -0.1) is 0 Å². The molecule has 0 amide bonds. The molecule has 0 heterocycles. The van der Waals surface area contributed by atoms with Gasteiger partial charge >= 0.3 is 0 Å². The number of rotatable bonds is 4. The van der Waals surface area contributed by atoms with Crippen LogP contribution in [0.5, 0.6) is 0 Å². The van der Waals surface area contributed by atoms with Crippen LogP contribution in [0.1, 0.15) is 37.3 Å². The van der Waals surface area contributed by atoms with Gasteiger partial charge in [-0.3, -0.25) is 0 Å². The van der Waals surface area contributed by atoms with Crippen molar-refractivity contribution in [1.29, 1.82) is 0 Å². The van der Waals surface area contributed by atoms with E-state index in [9.17, 15) is 4.79 Å². The number of hydrogen-bond donors (Lipinski definition) is 0. The zero-order chi connectivity index (χ0) is 10.0. The van der Waals surface area contributed by atoms with Crippen LogP contribution in [0.15, 0.2) is 24.3 Å². The van der Waals surface area contributed by atoms with E-state index in [1.807, 2.05) is 0 Å². The van der Waals surface area contributed by atoms with E-state index in [-0.39, 0.29) is 5.41 Å². The first-order chi connectivity index (χ1) is 6.80. The predicted molar refractivity (Wildman–Crippen MR) is 57.4 cm³/mol. The molecule has 0 spiro atoms. The normalized spacial score (nSPS) is 17.8. The summed E-state index contributed by atoms with van der Waals surface area (Å²) in [4.78, 5) is 10.9. The Bertz CT molecular complexity index is 320. The van der Waals surface area contributed by atoms with E-state index < -0.39 is 0 Å². The Hall–Kier alpha value is -1.11. The first-order valence-electron chi connectivity index (χ1n) is 5.36. The highest BCUT2D eigenvalue weighted by Crippen LogP contribution is 2.46. The van der Waals surface area contributed by atoms with Crippen molar-refractivity contribution in [1.82, 2.24) is 0 Å². The van der Waals surface area contributed by atoms with Crippen LogP contribution in [0.25, 0.3) is 0 Å². The number of aldehydes is 1. The van der Waals surface area contributed by atoms with Crippen molar-refractivity contribution in [2.75, 3.05) is 0 Å². The maximum absolute atomic E-state index is 10.9. The third-order valence-corrected chi connectivity index (χ3v) is 3.08. The van der Waals surface area contributed by atoms with Gasteiger partial charge in [0.05, 0.1) is 5.41 Å². The molecule has 1 aliphatic carbocycles. The Morgan fingerprint density at radius 1 is 1.29 bits per heavy atom. The molecule has 0 atom stereocenters. The quantitative estimate of drug-likeness (QED) is 0.664. The van der Waals surface area contributed by atoms with Crippen LogP contribution < -0.4 is 0 Å². The average Bonchev–Trinajstić information content (AvgIpc) is 3.00. The summed E-state index contributed by atoms with van der Waals surface area (Å²) in [5.74, 6) is 0. The fraction of sp³-hybridized carbons (Fsp3) is 0.462. The highest BCUT2D eigenvalue weighted by Gasteiger charge is 2.43. The maximum Gasteiger partial charge on any atom is 0.130 e. The van der Waals surface area contributed by atoms with Gasteiger partial charge in [0.15, 0.2) is 0 Å². The number of aryl methyl sites for hydroxylation is 1. The van der Waals surface area contributed by atoms with Crippen molar-refractivity contribution in [3.05, 3.63) is 35.4 Å². The Morgan fingerprint density at radius 3 is 2.36 bits per heavy atom. The third kappa shape index (κ3) is 1.59. The predicted octanol–water partition coefficient (Wildman–Crippen LogP) is 2.87. The molecule has 0 aliphatic heterocycles. The monoisotopic (exact) mass is 188 g/mol. The van der Waals surface area contributed by atoms with Crippen molar-refractivity contribution >= 4 is 6.29 Å². The summed E-state index contributed by atoms with van der Waals surface area (Å²) in [7, 11) is 0. The molecule has 0 unspecified atom stereocenters. The number of benzene rings is 1. The van der Waals surface area contributed by atoms with Crippen LogP contribution in [-0.4, -0.2) is 6.29 Å². The molecule has 1 aromatic carbocycles. The smallest absolute Gasteiger partial charge is 0.130 e. The van der Waals surface area contributed by atoms with Crippen LogP contribution in [0.2, 0.25) is 0 Å². The molecule has 1 heteroatoms. The summed E-state index contributed by atoms with van der Waals surface area (Å²) >= 11 is 0. The van der Waals surface area contributed by atoms with Gasteiger partial charge in [-0.05, 0) is 30.4 Å². The van der Waals surface area contributed by atoms with Gasteiger partial charge in [0, 0.05) is 0 Å². The molecule has 2 rings (SSSR count). The number of carbonyl (C=O) groups excluding carboxylic acids is 1. The molecule has 0 saturated heterocycles. The molecule has 14 heavy (non-hydrogen) atoms. The molecule has 0 N–H and O–H groups in total. The van der Waals surface area contributed by atoms with Gasteiger partial charge in [-0.1, -0.05) is 37.6 Å². The Kier molecular flexibility index (Phi) is 2.40. The Balaban J connectivity index is 2.18. The molecule has 0 radical (unpaired) electrons. The van der Waals surface area contributed by atoms with Crippen LogP contribution in [0.4, 0.5) is 0 Å². The first kappa shape index (κ1) is 9.45. The SMILES string of the molecule is CCCc1ccc(C2(C=O)CC2)cc1. The molecule has 0 bridgehead atoms. The third-order valence-electron chi connectivity index (χ3n) is 3.08. The van der Waals surface area contributed by atoms with E-state index in [2.05, 4.69) is 31.2 Å². The molecule has 1 aromatic rings. The minimum atomic E-state index is -0.106. The molecular weight excluding hydrogens is 172 g/mol. The zero-order valence-corrected chi connectivity index (χ0v) is 8.62. The highest BCUT2D eigenvalue weighted by atomic mass is 16.1. The van der Waals surface area contributed by atoms with Crippen molar-refractivity contribution in [3.63, 3.8) is 0 Å². The van der Waals surface area contributed by atoms with E-state index >= 15 is 0 Å². The van der Waals surface area contributed by atoms with Crippen LogP contribution in [0.3, 0.4) is 0 Å². The van der Waals surface area contributed by atoms with Gasteiger partial charge < -0.3 is 4.79 Å². The lowest BCUT2D eigenvalue weighted by Gasteiger charge is -2.07. The summed E-state index contributed by atoms with van der Waals surface area (Å²) in [6, 6.07) is 8.55. The lowest BCUT2D eigenvalue weighted by molar-refractivity contribution is -0.109. The second-order valence-electron chi connectivity index (χ2n) is 4.22. The highest BCUT2D eigenvalue weighted by molar-refractivity contribution is 5.73. The van der Waals surface area contributed by atoms with Gasteiger partial charge in [0.25, 0.3) is 0 Å². The molecule has 0 aromatic heterocycles. The van der Waals surface area contributed by atoms with Crippen molar-refractivity contribution in [3.8, 4) is 0 Å². The average molecular weight is 188 g/mol. The van der Waals surface area contributed by atoms with Crippen molar-refractivity contribution in [2.45, 2.75) is 38.0 Å². The van der Waals surface area contributed by atoms with Gasteiger partial charge in [0.2, 0.25) is 0 Å². The largest absolute Gasteiger partial charge is 0.302 e. The fourth-order valence-corrected chi connectivity index (χ4v) is 1.90. The maximum atomic E-state index is 10.9. The standard InChI is InChI=1S/C13H16O/c1-2-3-11-4-6-12(7-5-11)13(10-14)8-9-13/h4-7,10H,2-3,8-9H2,1H3. The Morgan fingerprint density at radius 2 is 1.93 bits per heavy atom. The van der Waals surface area contributed by atoms with Crippen molar-refractivity contribution in [2.24, 2.45) is 0 Å². The summed E-state index contributed by atoms with van der Waals surface area (Å²) in [6.45, 7) is 2.18. The van der Waals surface area contributed by atoms with E-state index in [4.69, 9.17) is 0 Å². The van der Waals surface area contributed by atoms with Gasteiger partial charge in [-0.25, -0.2) is 0 Å². The van der Waals surface area contributed by atoms with E-state index in [1.54, 1.807) is 0 Å². The minimum Gasteiger partial charge on any atom is -0.302 e. The van der Waals surface area contributed by atoms with Gasteiger partial charge in [0.1, 0.15) is 6.29 Å². The van der Waals surface area contributed by atoms with Gasteiger partial charge in [-0.2, -0.15) is 0 Å². The molecule has 74 valence electrons. The minimum absolute atomic E-state index is 0.106. The molecule has 1 saturated carbocycles. The summed E-state index contributed by atoms with van der Waals surface area (Å²) in [5.41, 5.74) is 2.47. The summed E-state index contributed by atoms with van der Waals surface area (Å²) < 4.78 is 0. The lowest BCUT2D eigenvalue weighted by Crippen LogP contribution is -2.07. The second kappa shape index (κ2) is 3.56. The van der Waals surface area contributed by atoms with Crippen molar-refractivity contribution < 1.29 is 4.79 Å². The van der Waals surface area contributed by atoms with Crippen LogP contribution in [-0.2, 0) is 16.6 Å². The lowest BCUT2D eigenvalue weighted by atomic mass is 9.96. The van der Waals surface area contributed by atoms with E-state index in [1.165, 1.54) is 17.5 Å². The summed E-state index contributed by atoms with van der Waals surface area (Å²) in [5, 5.41) is 0. The second-order valence-corrected chi connectivity index (χ2v) is 4.22. The zero-order valence-electron chi connectivity index (χ0n) is 8.62. The first-order valence-corrected chi connectivity index (χ1v) is 5.36. The molecular formula is C13H16O. The van der Waals surface area contributed by atoms with E-state index in [0.29, 0.717) is 0 Å². The fourth-order valence-electron chi connectivity index (χ4n) is 1.90. The molecule has 1 fully saturated rings. The molecule has 1 nitrogen and oxygen atoms in total. The summed E-state index contributed by atoms with van der Waals surface area (Å²) in [6.07, 6.45) is 5.49. The van der Waals surface area contributed by atoms with Crippen LogP contribution >= 0.6 is 0 Å². The van der Waals surface area contributed by atoms with Crippen LogP contribution in [0, 0.1) is 0 Å².